The minimum absolute atomic E-state index is 0.272. The highest BCUT2D eigenvalue weighted by atomic mass is 16.2. The summed E-state index contributed by atoms with van der Waals surface area (Å²) in [4.78, 5) is 21.3. The first kappa shape index (κ1) is 22.6. The molecule has 2 saturated heterocycles. The summed E-state index contributed by atoms with van der Waals surface area (Å²) >= 11 is 0. The van der Waals surface area contributed by atoms with Crippen LogP contribution >= 0.6 is 0 Å². The molecule has 2 heterocycles. The Bertz CT molecular complexity index is 692. The van der Waals surface area contributed by atoms with E-state index in [1.54, 1.807) is 0 Å². The van der Waals surface area contributed by atoms with E-state index in [1.165, 1.54) is 31.5 Å². The molecule has 2 aliphatic heterocycles. The molecule has 1 aromatic rings. The number of benzene rings is 1. The lowest BCUT2D eigenvalue weighted by molar-refractivity contribution is -0.127. The van der Waals surface area contributed by atoms with E-state index in [9.17, 15) is 4.79 Å². The van der Waals surface area contributed by atoms with Crippen LogP contribution in [0, 0.1) is 11.8 Å². The molecule has 6 nitrogen and oxygen atoms in total. The number of carbonyl (C=O) groups is 1. The van der Waals surface area contributed by atoms with Crippen molar-refractivity contribution in [1.82, 2.24) is 20.4 Å². The van der Waals surface area contributed by atoms with Crippen LogP contribution in [0.15, 0.2) is 35.3 Å². The maximum absolute atomic E-state index is 12.4. The summed E-state index contributed by atoms with van der Waals surface area (Å²) in [5, 5.41) is 6.91. The van der Waals surface area contributed by atoms with Gasteiger partial charge >= 0.3 is 0 Å². The molecule has 30 heavy (non-hydrogen) atoms. The van der Waals surface area contributed by atoms with Crippen LogP contribution in [0.3, 0.4) is 0 Å². The van der Waals surface area contributed by atoms with E-state index in [1.807, 2.05) is 18.0 Å². The number of hydrogen-bond donors (Lipinski definition) is 2. The van der Waals surface area contributed by atoms with Crippen molar-refractivity contribution >= 4 is 11.9 Å². The summed E-state index contributed by atoms with van der Waals surface area (Å²) in [7, 11) is 1.81. The van der Waals surface area contributed by atoms with E-state index in [2.05, 4.69) is 58.6 Å². The molecule has 3 atom stereocenters. The van der Waals surface area contributed by atoms with Gasteiger partial charge in [-0.2, -0.15) is 0 Å². The van der Waals surface area contributed by atoms with Crippen LogP contribution in [0.5, 0.6) is 0 Å². The van der Waals surface area contributed by atoms with Crippen LogP contribution in [0.1, 0.15) is 38.7 Å². The van der Waals surface area contributed by atoms with E-state index in [-0.39, 0.29) is 5.91 Å². The fourth-order valence-electron chi connectivity index (χ4n) is 4.58. The molecular formula is C24H39N5O. The Balaban J connectivity index is 1.37. The Morgan fingerprint density at radius 3 is 2.77 bits per heavy atom. The van der Waals surface area contributed by atoms with Crippen molar-refractivity contribution in [2.75, 3.05) is 46.3 Å². The lowest BCUT2D eigenvalue weighted by atomic mass is 9.99. The Labute approximate surface area is 182 Å². The first-order chi connectivity index (χ1) is 14.5. The number of piperidine rings is 1. The van der Waals surface area contributed by atoms with Crippen molar-refractivity contribution < 1.29 is 4.79 Å². The molecule has 2 N–H and O–H groups in total. The maximum Gasteiger partial charge on any atom is 0.223 e. The summed E-state index contributed by atoms with van der Waals surface area (Å²) in [6, 6.07) is 10.9. The van der Waals surface area contributed by atoms with Gasteiger partial charge < -0.3 is 15.5 Å². The van der Waals surface area contributed by atoms with Gasteiger partial charge in [0.25, 0.3) is 0 Å². The molecule has 1 amide bonds. The second-order valence-corrected chi connectivity index (χ2v) is 9.07. The number of guanidine groups is 1. The third kappa shape index (κ3) is 6.73. The second-order valence-electron chi connectivity index (χ2n) is 9.07. The summed E-state index contributed by atoms with van der Waals surface area (Å²) in [6.45, 7) is 10.3. The smallest absolute Gasteiger partial charge is 0.223 e. The number of nitrogens with one attached hydrogen (secondary N) is 2. The highest BCUT2D eigenvalue weighted by molar-refractivity contribution is 5.80. The monoisotopic (exact) mass is 413 g/mol. The Hall–Kier alpha value is -2.08. The number of carbonyl (C=O) groups excluding carboxylic acids is 1. The summed E-state index contributed by atoms with van der Waals surface area (Å²) in [6.07, 6.45) is 4.20. The molecule has 1 aromatic carbocycles. The number of nitrogens with zero attached hydrogens (tertiary/aromatic N) is 3. The van der Waals surface area contributed by atoms with Gasteiger partial charge in [0, 0.05) is 58.2 Å². The van der Waals surface area contributed by atoms with Crippen LogP contribution in [0.25, 0.3) is 0 Å². The summed E-state index contributed by atoms with van der Waals surface area (Å²) in [5.41, 5.74) is 1.29. The standard InChI is InChI=1S/C24H39N5O/c1-19-8-7-12-28(17-19)20(2)15-26-24(25-3)27-16-22-14-23(30)29(18-22)13-11-21-9-5-4-6-10-21/h4-6,9-10,19-20,22H,7-8,11-18H2,1-3H3,(H2,25,26,27). The van der Waals surface area contributed by atoms with Crippen LogP contribution in [-0.2, 0) is 11.2 Å². The Morgan fingerprint density at radius 2 is 2.03 bits per heavy atom. The predicted molar refractivity (Wildman–Crippen MR) is 124 cm³/mol. The number of rotatable bonds is 8. The zero-order valence-corrected chi connectivity index (χ0v) is 18.9. The van der Waals surface area contributed by atoms with Gasteiger partial charge in [-0.1, -0.05) is 37.3 Å². The van der Waals surface area contributed by atoms with Gasteiger partial charge in [-0.25, -0.2) is 0 Å². The van der Waals surface area contributed by atoms with Crippen LogP contribution in [0.2, 0.25) is 0 Å². The number of amides is 1. The first-order valence-corrected chi connectivity index (χ1v) is 11.6. The third-order valence-corrected chi connectivity index (χ3v) is 6.47. The molecule has 0 radical (unpaired) electrons. The van der Waals surface area contributed by atoms with Crippen molar-refractivity contribution in [1.29, 1.82) is 0 Å². The van der Waals surface area contributed by atoms with Crippen molar-refractivity contribution in [3.05, 3.63) is 35.9 Å². The van der Waals surface area contributed by atoms with Gasteiger partial charge in [0.15, 0.2) is 5.96 Å². The van der Waals surface area contributed by atoms with Gasteiger partial charge in [-0.15, -0.1) is 0 Å². The normalized spacial score (nSPS) is 24.2. The zero-order chi connectivity index (χ0) is 21.3. The Kier molecular flexibility index (Phi) is 8.55. The molecule has 0 aromatic heterocycles. The summed E-state index contributed by atoms with van der Waals surface area (Å²) in [5.74, 6) is 2.24. The van der Waals surface area contributed by atoms with Crippen LogP contribution < -0.4 is 10.6 Å². The zero-order valence-electron chi connectivity index (χ0n) is 18.9. The predicted octanol–water partition coefficient (Wildman–Crippen LogP) is 2.36. The maximum atomic E-state index is 12.4. The third-order valence-electron chi connectivity index (χ3n) is 6.47. The molecule has 3 unspecified atom stereocenters. The van der Waals surface area contributed by atoms with Gasteiger partial charge in [0.05, 0.1) is 0 Å². The number of hydrogen-bond acceptors (Lipinski definition) is 3. The number of likely N-dealkylation sites (tertiary alicyclic amines) is 2. The topological polar surface area (TPSA) is 60.0 Å². The molecule has 2 aliphatic rings. The van der Waals surface area contributed by atoms with Crippen LogP contribution in [-0.4, -0.2) is 74.0 Å². The van der Waals surface area contributed by atoms with Gasteiger partial charge in [-0.05, 0) is 44.2 Å². The first-order valence-electron chi connectivity index (χ1n) is 11.6. The molecule has 0 spiro atoms. The van der Waals surface area contributed by atoms with Crippen molar-refractivity contribution in [3.63, 3.8) is 0 Å². The lowest BCUT2D eigenvalue weighted by Gasteiger charge is -2.35. The van der Waals surface area contributed by atoms with E-state index < -0.39 is 0 Å². The summed E-state index contributed by atoms with van der Waals surface area (Å²) < 4.78 is 0. The minimum atomic E-state index is 0.272. The highest BCUT2D eigenvalue weighted by Gasteiger charge is 2.29. The van der Waals surface area contributed by atoms with E-state index in [0.717, 1.165) is 44.5 Å². The average molecular weight is 414 g/mol. The fraction of sp³-hybridized carbons (Fsp3) is 0.667. The minimum Gasteiger partial charge on any atom is -0.356 e. The van der Waals surface area contributed by atoms with E-state index >= 15 is 0 Å². The molecule has 166 valence electrons. The largest absolute Gasteiger partial charge is 0.356 e. The van der Waals surface area contributed by atoms with E-state index in [0.29, 0.717) is 18.4 Å². The van der Waals surface area contributed by atoms with Gasteiger partial charge in [-0.3, -0.25) is 14.7 Å². The SMILES string of the molecule is CN=C(NCC1CC(=O)N(CCc2ccccc2)C1)NCC(C)N1CCCC(C)C1. The molecule has 0 aliphatic carbocycles. The molecule has 0 bridgehead atoms. The second kappa shape index (κ2) is 11.3. The molecule has 3 rings (SSSR count). The highest BCUT2D eigenvalue weighted by Crippen LogP contribution is 2.18. The van der Waals surface area contributed by atoms with Crippen LogP contribution in [0.4, 0.5) is 0 Å². The lowest BCUT2D eigenvalue weighted by Crippen LogP contribution is -2.49. The van der Waals surface area contributed by atoms with E-state index in [4.69, 9.17) is 0 Å². The average Bonchev–Trinajstić information content (AvgIpc) is 3.12. The molecular weight excluding hydrogens is 374 g/mol. The quantitative estimate of drug-likeness (QED) is 0.507. The van der Waals surface area contributed by atoms with Gasteiger partial charge in [0.1, 0.15) is 0 Å². The molecule has 0 saturated carbocycles. The van der Waals surface area contributed by atoms with Crippen molar-refractivity contribution in [2.45, 2.75) is 45.6 Å². The Morgan fingerprint density at radius 1 is 1.23 bits per heavy atom. The molecule has 6 heteroatoms. The molecule has 2 fully saturated rings. The fourth-order valence-corrected chi connectivity index (χ4v) is 4.58. The van der Waals surface area contributed by atoms with Crippen molar-refractivity contribution in [3.8, 4) is 0 Å². The van der Waals surface area contributed by atoms with Gasteiger partial charge in [0.2, 0.25) is 5.91 Å². The number of aliphatic imine (C=N–C) groups is 1. The van der Waals surface area contributed by atoms with Crippen molar-refractivity contribution in [2.24, 2.45) is 16.8 Å².